The van der Waals surface area contributed by atoms with Crippen molar-refractivity contribution in [3.05, 3.63) is 12.2 Å². The zero-order valence-electron chi connectivity index (χ0n) is 54.2. The van der Waals surface area contributed by atoms with E-state index in [-0.39, 0.29) is 19.1 Å². The normalized spacial score (nSPS) is 13.7. The average molecular weight is 1140 g/mol. The minimum Gasteiger partial charge on any atom is -0.387 e. The summed E-state index contributed by atoms with van der Waals surface area (Å²) in [6.45, 7) is 4.89. The smallest absolute Gasteiger partial charge is 0.387 e. The van der Waals surface area contributed by atoms with Gasteiger partial charge in [0.1, 0.15) is 13.2 Å². The second-order valence-corrected chi connectivity index (χ2v) is 27.4. The van der Waals surface area contributed by atoms with E-state index in [1.54, 1.807) is 6.08 Å². The predicted molar refractivity (Wildman–Crippen MR) is 346 cm³/mol. The second-order valence-electron chi connectivity index (χ2n) is 26.0. The van der Waals surface area contributed by atoms with E-state index in [1.165, 1.54) is 327 Å². The van der Waals surface area contributed by atoms with Gasteiger partial charge in [-0.25, -0.2) is 4.57 Å². The molecule has 3 N–H and O–H groups in total. The van der Waals surface area contributed by atoms with E-state index in [4.69, 9.17) is 9.05 Å². The summed E-state index contributed by atoms with van der Waals surface area (Å²) < 4.78 is 23.8. The number of aliphatic hydroxyl groups excluding tert-OH is 1. The van der Waals surface area contributed by atoms with Crippen molar-refractivity contribution in [3.8, 4) is 0 Å². The molecule has 0 radical (unpaired) electrons. The largest absolute Gasteiger partial charge is 0.472 e. The number of hydrogen-bond donors (Lipinski definition) is 3. The van der Waals surface area contributed by atoms with Gasteiger partial charge >= 0.3 is 7.82 Å². The number of carbonyl (C=O) groups excluding carboxylic acids is 1. The monoisotopic (exact) mass is 1140 g/mol. The summed E-state index contributed by atoms with van der Waals surface area (Å²) in [4.78, 5) is 23.4. The van der Waals surface area contributed by atoms with E-state index in [9.17, 15) is 19.4 Å². The molecule has 8 nitrogen and oxygen atoms in total. The molecule has 79 heavy (non-hydrogen) atoms. The van der Waals surface area contributed by atoms with Crippen LogP contribution in [-0.2, 0) is 18.4 Å². The first kappa shape index (κ1) is 78.2. The van der Waals surface area contributed by atoms with Gasteiger partial charge in [-0.15, -0.1) is 0 Å². The van der Waals surface area contributed by atoms with Gasteiger partial charge in [0.25, 0.3) is 0 Å². The molecule has 0 bridgehead atoms. The van der Waals surface area contributed by atoms with Gasteiger partial charge in [0.2, 0.25) is 5.91 Å². The zero-order chi connectivity index (χ0) is 57.7. The van der Waals surface area contributed by atoms with Crippen LogP contribution in [0.1, 0.15) is 380 Å². The van der Waals surface area contributed by atoms with Crippen LogP contribution in [0.4, 0.5) is 0 Å². The number of allylic oxidation sites excluding steroid dienone is 1. The summed E-state index contributed by atoms with van der Waals surface area (Å²) in [6, 6.07) is -0.843. The fraction of sp³-hybridized carbons (Fsp3) is 0.957. The number of aliphatic hydroxyl groups is 1. The molecule has 0 saturated heterocycles. The average Bonchev–Trinajstić information content (AvgIpc) is 3.42. The van der Waals surface area contributed by atoms with Crippen LogP contribution >= 0.6 is 7.82 Å². The Morgan fingerprint density at radius 3 is 0.937 bits per heavy atom. The molecule has 0 saturated carbocycles. The van der Waals surface area contributed by atoms with Gasteiger partial charge in [0.15, 0.2) is 0 Å². The summed E-state index contributed by atoms with van der Waals surface area (Å²) in [7, 11) is 1.60. The van der Waals surface area contributed by atoms with Gasteiger partial charge in [0.05, 0.1) is 39.9 Å². The summed E-state index contributed by atoms with van der Waals surface area (Å²) >= 11 is 0. The van der Waals surface area contributed by atoms with Crippen LogP contribution in [0.25, 0.3) is 0 Å². The molecule has 3 unspecified atom stereocenters. The van der Waals surface area contributed by atoms with Crippen molar-refractivity contribution < 1.29 is 32.9 Å². The third-order valence-electron chi connectivity index (χ3n) is 16.8. The van der Waals surface area contributed by atoms with E-state index in [2.05, 4.69) is 19.2 Å². The van der Waals surface area contributed by atoms with Crippen LogP contribution in [0.2, 0.25) is 0 Å². The molecule has 0 fully saturated rings. The first-order valence-electron chi connectivity index (χ1n) is 35.6. The lowest BCUT2D eigenvalue weighted by atomic mass is 10.0. The molecule has 9 heteroatoms. The highest BCUT2D eigenvalue weighted by atomic mass is 31.2. The number of amides is 1. The molecule has 0 aliphatic rings. The Kier molecular flexibility index (Phi) is 61.2. The van der Waals surface area contributed by atoms with Crippen molar-refractivity contribution in [2.24, 2.45) is 0 Å². The second kappa shape index (κ2) is 61.8. The SMILES string of the molecule is CCCCCCCCCCCCCCCCCCCCC/C=C/C(O)C(COP(=O)(O)OCC[N+](C)(C)C)NC(=O)CCCCCCCCCCCCCCCCCCCCCCCCCCCCCCCCCCCCCC. The fourth-order valence-electron chi connectivity index (χ4n) is 11.2. The molecule has 472 valence electrons. The Morgan fingerprint density at radius 1 is 0.418 bits per heavy atom. The maximum Gasteiger partial charge on any atom is 0.472 e. The minimum absolute atomic E-state index is 0.0654. The summed E-state index contributed by atoms with van der Waals surface area (Å²) in [6.07, 6.45) is 79.4. The Morgan fingerprint density at radius 2 is 0.671 bits per heavy atom. The molecular weight excluding hydrogens is 996 g/mol. The van der Waals surface area contributed by atoms with Crippen LogP contribution < -0.4 is 5.32 Å². The van der Waals surface area contributed by atoms with Gasteiger partial charge in [-0.05, 0) is 19.3 Å². The molecule has 1 amide bonds. The van der Waals surface area contributed by atoms with E-state index in [0.717, 1.165) is 32.1 Å². The molecule has 0 aromatic carbocycles. The zero-order valence-corrected chi connectivity index (χ0v) is 55.1. The Bertz CT molecular complexity index is 1290. The van der Waals surface area contributed by atoms with Crippen LogP contribution in [0.15, 0.2) is 12.2 Å². The standard InChI is InChI=1S/C70H141N2O6P/c1-6-8-10-12-14-16-18-20-22-24-26-28-29-30-31-32-33-34-35-36-37-38-39-40-41-42-44-46-48-50-52-54-56-58-60-62-64-70(74)71-68(67-78-79(75,76)77-66-65-72(3,4)5)69(73)63-61-59-57-55-53-51-49-47-45-43-27-25-23-21-19-17-15-13-11-9-7-2/h61,63,68-69,73H,6-60,62,64-67H2,1-5H3,(H-,71,74,75,76)/p+1/b63-61+. The Hall–Kier alpha value is -0.760. The van der Waals surface area contributed by atoms with Crippen LogP contribution in [0, 0.1) is 0 Å². The van der Waals surface area contributed by atoms with Crippen molar-refractivity contribution in [2.45, 2.75) is 392 Å². The lowest BCUT2D eigenvalue weighted by molar-refractivity contribution is -0.870. The number of hydrogen-bond acceptors (Lipinski definition) is 5. The highest BCUT2D eigenvalue weighted by molar-refractivity contribution is 7.47. The fourth-order valence-corrected chi connectivity index (χ4v) is 12.0. The van der Waals surface area contributed by atoms with E-state index in [1.807, 2.05) is 27.2 Å². The lowest BCUT2D eigenvalue weighted by Gasteiger charge is -2.25. The number of carbonyl (C=O) groups is 1. The number of phosphoric acid groups is 1. The first-order chi connectivity index (χ1) is 38.5. The van der Waals surface area contributed by atoms with Gasteiger partial charge in [-0.3, -0.25) is 13.8 Å². The van der Waals surface area contributed by atoms with Gasteiger partial charge < -0.3 is 19.8 Å². The lowest BCUT2D eigenvalue weighted by Crippen LogP contribution is -2.45. The predicted octanol–water partition coefficient (Wildman–Crippen LogP) is 22.5. The van der Waals surface area contributed by atoms with E-state index >= 15 is 0 Å². The topological polar surface area (TPSA) is 105 Å². The maximum absolute atomic E-state index is 13.0. The Balaban J connectivity index is 3.94. The van der Waals surface area contributed by atoms with E-state index < -0.39 is 20.0 Å². The molecule has 0 aromatic heterocycles. The third kappa shape index (κ3) is 64.7. The first-order valence-corrected chi connectivity index (χ1v) is 37.1. The number of nitrogens with one attached hydrogen (secondary N) is 1. The van der Waals surface area contributed by atoms with Gasteiger partial charge in [-0.1, -0.05) is 366 Å². The number of likely N-dealkylation sites (N-methyl/N-ethyl adjacent to an activating group) is 1. The summed E-state index contributed by atoms with van der Waals surface area (Å²) in [5.74, 6) is -0.167. The number of quaternary nitrogens is 1. The molecule has 0 spiro atoms. The number of unbranched alkanes of at least 4 members (excludes halogenated alkanes) is 54. The minimum atomic E-state index is -4.35. The van der Waals surface area contributed by atoms with Crippen molar-refractivity contribution >= 4 is 13.7 Å². The molecule has 0 aliphatic heterocycles. The number of phosphoric ester groups is 1. The van der Waals surface area contributed by atoms with Crippen molar-refractivity contribution in [3.63, 3.8) is 0 Å². The van der Waals surface area contributed by atoms with Crippen molar-refractivity contribution in [1.29, 1.82) is 0 Å². The quantitative estimate of drug-likeness (QED) is 0.0243. The molecule has 0 heterocycles. The van der Waals surface area contributed by atoms with Gasteiger partial charge in [-0.2, -0.15) is 0 Å². The van der Waals surface area contributed by atoms with Crippen molar-refractivity contribution in [2.75, 3.05) is 40.9 Å². The molecule has 0 aromatic rings. The van der Waals surface area contributed by atoms with Crippen molar-refractivity contribution in [1.82, 2.24) is 5.32 Å². The van der Waals surface area contributed by atoms with Gasteiger partial charge in [0, 0.05) is 6.42 Å². The number of nitrogens with zero attached hydrogens (tertiary/aromatic N) is 1. The molecule has 0 aliphatic carbocycles. The number of rotatable bonds is 67. The maximum atomic E-state index is 13.0. The third-order valence-corrected chi connectivity index (χ3v) is 17.7. The van der Waals surface area contributed by atoms with Crippen LogP contribution in [0.3, 0.4) is 0 Å². The van der Waals surface area contributed by atoms with Crippen LogP contribution in [0.5, 0.6) is 0 Å². The Labute approximate surface area is 494 Å². The summed E-state index contributed by atoms with van der Waals surface area (Å²) in [5.41, 5.74) is 0. The molecule has 0 rings (SSSR count). The highest BCUT2D eigenvalue weighted by Crippen LogP contribution is 2.43. The summed E-state index contributed by atoms with van der Waals surface area (Å²) in [5, 5.41) is 14.0. The highest BCUT2D eigenvalue weighted by Gasteiger charge is 2.28. The van der Waals surface area contributed by atoms with Crippen LogP contribution in [-0.4, -0.2) is 73.4 Å². The molecular formula is C70H142N2O6P+. The van der Waals surface area contributed by atoms with E-state index in [0.29, 0.717) is 17.4 Å². The molecule has 3 atom stereocenters.